The predicted molar refractivity (Wildman–Crippen MR) is 74.2 cm³/mol. The molecule has 0 atom stereocenters. The second-order valence-corrected chi connectivity index (χ2v) is 6.17. The molecule has 0 spiro atoms. The number of aliphatic hydroxyl groups is 1. The Morgan fingerprint density at radius 1 is 1.33 bits per heavy atom. The van der Waals surface area contributed by atoms with E-state index in [0.29, 0.717) is 6.42 Å². The number of ether oxygens (including phenoxy) is 1. The minimum absolute atomic E-state index is 0.174. The highest BCUT2D eigenvalue weighted by Gasteiger charge is 2.41. The maximum Gasteiger partial charge on any atom is 0.122 e. The molecular formula is C16H24O2. The molecule has 1 aliphatic rings. The maximum absolute atomic E-state index is 10.1. The Balaban J connectivity index is 2.32. The van der Waals surface area contributed by atoms with Gasteiger partial charge in [0.15, 0.2) is 0 Å². The van der Waals surface area contributed by atoms with E-state index in [2.05, 4.69) is 32.9 Å². The van der Waals surface area contributed by atoms with Gasteiger partial charge in [0.25, 0.3) is 0 Å². The normalized spacial score (nSPS) is 17.6. The standard InChI is InChI=1S/C16H24O2/c1-5-15(2,3)13-6-7-14(18-4)12(10-13)11-16(17)8-9-16/h6-7,10,17H,5,8-9,11H2,1-4H3. The van der Waals surface area contributed by atoms with Gasteiger partial charge in [-0.15, -0.1) is 0 Å². The zero-order valence-corrected chi connectivity index (χ0v) is 11.9. The lowest BCUT2D eigenvalue weighted by Gasteiger charge is -2.25. The van der Waals surface area contributed by atoms with Crippen molar-refractivity contribution in [3.8, 4) is 5.75 Å². The first-order chi connectivity index (χ1) is 8.40. The Labute approximate surface area is 110 Å². The van der Waals surface area contributed by atoms with Crippen molar-refractivity contribution < 1.29 is 9.84 Å². The van der Waals surface area contributed by atoms with Gasteiger partial charge < -0.3 is 9.84 Å². The van der Waals surface area contributed by atoms with E-state index in [-0.39, 0.29) is 5.41 Å². The van der Waals surface area contributed by atoms with Gasteiger partial charge in [0, 0.05) is 6.42 Å². The zero-order valence-electron chi connectivity index (χ0n) is 11.9. The molecule has 1 aromatic carbocycles. The highest BCUT2D eigenvalue weighted by atomic mass is 16.5. The fourth-order valence-corrected chi connectivity index (χ4v) is 2.22. The van der Waals surface area contributed by atoms with Crippen molar-refractivity contribution in [2.45, 2.75) is 57.5 Å². The van der Waals surface area contributed by atoms with Gasteiger partial charge in [0.05, 0.1) is 12.7 Å². The van der Waals surface area contributed by atoms with Crippen LogP contribution in [-0.4, -0.2) is 17.8 Å². The van der Waals surface area contributed by atoms with Crippen molar-refractivity contribution in [1.82, 2.24) is 0 Å². The molecule has 0 radical (unpaired) electrons. The topological polar surface area (TPSA) is 29.5 Å². The summed E-state index contributed by atoms with van der Waals surface area (Å²) in [7, 11) is 1.69. The minimum atomic E-state index is -0.470. The molecule has 0 heterocycles. The monoisotopic (exact) mass is 248 g/mol. The quantitative estimate of drug-likeness (QED) is 0.864. The van der Waals surface area contributed by atoms with Crippen molar-refractivity contribution in [3.63, 3.8) is 0 Å². The van der Waals surface area contributed by atoms with E-state index in [4.69, 9.17) is 4.74 Å². The second-order valence-electron chi connectivity index (χ2n) is 6.17. The lowest BCUT2D eigenvalue weighted by Crippen LogP contribution is -2.17. The molecular weight excluding hydrogens is 224 g/mol. The van der Waals surface area contributed by atoms with Crippen LogP contribution in [0.2, 0.25) is 0 Å². The van der Waals surface area contributed by atoms with Gasteiger partial charge in [0.2, 0.25) is 0 Å². The first-order valence-corrected chi connectivity index (χ1v) is 6.80. The molecule has 100 valence electrons. The Bertz CT molecular complexity index is 431. The second kappa shape index (κ2) is 4.58. The van der Waals surface area contributed by atoms with Crippen molar-refractivity contribution in [1.29, 1.82) is 0 Å². The number of methoxy groups -OCH3 is 1. The van der Waals surface area contributed by atoms with Crippen LogP contribution in [0.15, 0.2) is 18.2 Å². The fourth-order valence-electron chi connectivity index (χ4n) is 2.22. The van der Waals surface area contributed by atoms with Crippen molar-refractivity contribution in [2.75, 3.05) is 7.11 Å². The maximum atomic E-state index is 10.1. The molecule has 2 heteroatoms. The molecule has 1 fully saturated rings. The summed E-state index contributed by atoms with van der Waals surface area (Å²) in [5, 5.41) is 10.1. The smallest absolute Gasteiger partial charge is 0.122 e. The predicted octanol–water partition coefficient (Wildman–Crippen LogP) is 3.45. The number of hydrogen-bond donors (Lipinski definition) is 1. The summed E-state index contributed by atoms with van der Waals surface area (Å²) in [6, 6.07) is 6.38. The molecule has 2 nitrogen and oxygen atoms in total. The summed E-state index contributed by atoms with van der Waals surface area (Å²) < 4.78 is 5.41. The van der Waals surface area contributed by atoms with Crippen LogP contribution in [0.3, 0.4) is 0 Å². The third kappa shape index (κ3) is 2.69. The lowest BCUT2D eigenvalue weighted by molar-refractivity contribution is 0.150. The van der Waals surface area contributed by atoms with E-state index >= 15 is 0 Å². The molecule has 0 aliphatic heterocycles. The average Bonchev–Trinajstić information content (AvgIpc) is 3.06. The van der Waals surface area contributed by atoms with Crippen LogP contribution in [0.4, 0.5) is 0 Å². The summed E-state index contributed by atoms with van der Waals surface area (Å²) in [5.74, 6) is 0.894. The highest BCUT2D eigenvalue weighted by molar-refractivity contribution is 5.41. The van der Waals surface area contributed by atoms with E-state index in [1.54, 1.807) is 7.11 Å². The summed E-state index contributed by atoms with van der Waals surface area (Å²) in [4.78, 5) is 0. The van der Waals surface area contributed by atoms with Gasteiger partial charge in [-0.1, -0.05) is 32.9 Å². The summed E-state index contributed by atoms with van der Waals surface area (Å²) >= 11 is 0. The van der Waals surface area contributed by atoms with Gasteiger partial charge in [-0.25, -0.2) is 0 Å². The molecule has 1 saturated carbocycles. The van der Waals surface area contributed by atoms with Crippen LogP contribution in [0.5, 0.6) is 5.75 Å². The van der Waals surface area contributed by atoms with E-state index in [9.17, 15) is 5.11 Å². The third-order valence-electron chi connectivity index (χ3n) is 4.29. The fraction of sp³-hybridized carbons (Fsp3) is 0.625. The van der Waals surface area contributed by atoms with Gasteiger partial charge in [0.1, 0.15) is 5.75 Å². The van der Waals surface area contributed by atoms with Crippen molar-refractivity contribution in [3.05, 3.63) is 29.3 Å². The molecule has 0 amide bonds. The molecule has 0 saturated heterocycles. The van der Waals surface area contributed by atoms with Crippen LogP contribution in [0.25, 0.3) is 0 Å². The van der Waals surface area contributed by atoms with Crippen molar-refractivity contribution in [2.24, 2.45) is 0 Å². The van der Waals surface area contributed by atoms with Crippen LogP contribution >= 0.6 is 0 Å². The van der Waals surface area contributed by atoms with E-state index in [0.717, 1.165) is 30.6 Å². The highest BCUT2D eigenvalue weighted by Crippen LogP contribution is 2.41. The molecule has 0 aromatic heterocycles. The van der Waals surface area contributed by atoms with Gasteiger partial charge >= 0.3 is 0 Å². The van der Waals surface area contributed by atoms with Gasteiger partial charge in [-0.05, 0) is 41.9 Å². The molecule has 1 aromatic rings. The summed E-state index contributed by atoms with van der Waals surface area (Å²) in [5.41, 5.74) is 2.16. The molecule has 1 aliphatic carbocycles. The van der Waals surface area contributed by atoms with Crippen LogP contribution in [0, 0.1) is 0 Å². The first-order valence-electron chi connectivity index (χ1n) is 6.80. The van der Waals surface area contributed by atoms with Crippen LogP contribution < -0.4 is 4.74 Å². The minimum Gasteiger partial charge on any atom is -0.496 e. The summed E-state index contributed by atoms with van der Waals surface area (Å²) in [6.07, 6.45) is 3.64. The van der Waals surface area contributed by atoms with Crippen molar-refractivity contribution >= 4 is 0 Å². The van der Waals surface area contributed by atoms with E-state index in [1.807, 2.05) is 6.07 Å². The molecule has 18 heavy (non-hydrogen) atoms. The summed E-state index contributed by atoms with van der Waals surface area (Å²) in [6.45, 7) is 6.72. The Hall–Kier alpha value is -1.02. The average molecular weight is 248 g/mol. The SMILES string of the molecule is CCC(C)(C)c1ccc(OC)c(CC2(O)CC2)c1. The molecule has 0 unspecified atom stereocenters. The molecule has 1 N–H and O–H groups in total. The Morgan fingerprint density at radius 2 is 2.00 bits per heavy atom. The van der Waals surface area contributed by atoms with E-state index in [1.165, 1.54) is 5.56 Å². The Morgan fingerprint density at radius 3 is 2.50 bits per heavy atom. The van der Waals surface area contributed by atoms with Gasteiger partial charge in [-0.2, -0.15) is 0 Å². The number of rotatable bonds is 5. The number of benzene rings is 1. The largest absolute Gasteiger partial charge is 0.496 e. The molecule has 0 bridgehead atoms. The first kappa shape index (κ1) is 13.4. The van der Waals surface area contributed by atoms with Gasteiger partial charge in [-0.3, -0.25) is 0 Å². The number of hydrogen-bond acceptors (Lipinski definition) is 2. The zero-order chi connectivity index (χ0) is 13.4. The van der Waals surface area contributed by atoms with E-state index < -0.39 is 5.60 Å². The third-order valence-corrected chi connectivity index (χ3v) is 4.29. The Kier molecular flexibility index (Phi) is 3.41. The lowest BCUT2D eigenvalue weighted by atomic mass is 9.81. The molecule has 2 rings (SSSR count). The van der Waals surface area contributed by atoms with Crippen LogP contribution in [-0.2, 0) is 11.8 Å². The van der Waals surface area contributed by atoms with Crippen LogP contribution in [0.1, 0.15) is 51.2 Å².